The summed E-state index contributed by atoms with van der Waals surface area (Å²) >= 11 is 2.36. The first-order chi connectivity index (χ1) is 12.3. The number of rotatable bonds is 4. The quantitative estimate of drug-likeness (QED) is 0.536. The Kier molecular flexibility index (Phi) is 5.05. The van der Waals surface area contributed by atoms with E-state index in [1.807, 2.05) is 0 Å². The minimum absolute atomic E-state index is 0.0565. The largest absolute Gasteiger partial charge is 0.416 e. The summed E-state index contributed by atoms with van der Waals surface area (Å²) in [5, 5.41) is 5.05. The molecule has 2 heterocycles. The summed E-state index contributed by atoms with van der Waals surface area (Å²) in [5.41, 5.74) is -0.992. The number of hydrogen-bond donors (Lipinski definition) is 1. The zero-order chi connectivity index (χ0) is 18.9. The molecule has 0 atom stereocenters. The Balaban J connectivity index is 1.70. The molecule has 1 amide bonds. The molecule has 0 bridgehead atoms. The topological polar surface area (TPSA) is 64.0 Å². The van der Waals surface area contributed by atoms with Crippen LogP contribution in [0.3, 0.4) is 0 Å². The van der Waals surface area contributed by atoms with Crippen molar-refractivity contribution in [3.8, 4) is 0 Å². The Morgan fingerprint density at radius 3 is 2.85 bits per heavy atom. The highest BCUT2D eigenvalue weighted by molar-refractivity contribution is 7.99. The van der Waals surface area contributed by atoms with Crippen molar-refractivity contribution in [1.82, 2.24) is 9.55 Å². The zero-order valence-corrected chi connectivity index (χ0v) is 15.0. The molecule has 0 saturated carbocycles. The van der Waals surface area contributed by atoms with Crippen molar-refractivity contribution < 1.29 is 18.0 Å². The van der Waals surface area contributed by atoms with Crippen LogP contribution in [0.5, 0.6) is 0 Å². The van der Waals surface area contributed by atoms with Crippen LogP contribution in [0.1, 0.15) is 5.56 Å². The molecule has 0 aliphatic carbocycles. The lowest BCUT2D eigenvalue weighted by Gasteiger charge is -2.10. The number of hydrogen-bond acceptors (Lipinski definition) is 5. The first kappa shape index (κ1) is 18.5. The SMILES string of the molecule is Cn1c(SCC(=O)Nc2cccc(C(F)(F)F)c2)nc2sccc2c1=O. The minimum atomic E-state index is -4.48. The van der Waals surface area contributed by atoms with Gasteiger partial charge in [-0.25, -0.2) is 4.98 Å². The zero-order valence-electron chi connectivity index (χ0n) is 13.3. The van der Waals surface area contributed by atoms with Gasteiger partial charge in [0.15, 0.2) is 5.16 Å². The third-order valence-electron chi connectivity index (χ3n) is 3.47. The molecule has 136 valence electrons. The minimum Gasteiger partial charge on any atom is -0.325 e. The monoisotopic (exact) mass is 399 g/mol. The lowest BCUT2D eigenvalue weighted by atomic mass is 10.2. The smallest absolute Gasteiger partial charge is 0.325 e. The number of nitrogens with one attached hydrogen (secondary N) is 1. The maximum atomic E-state index is 12.7. The van der Waals surface area contributed by atoms with Crippen LogP contribution in [0.4, 0.5) is 18.9 Å². The van der Waals surface area contributed by atoms with Crippen molar-refractivity contribution in [3.05, 3.63) is 51.6 Å². The van der Waals surface area contributed by atoms with E-state index >= 15 is 0 Å². The van der Waals surface area contributed by atoms with Gasteiger partial charge in [-0.1, -0.05) is 17.8 Å². The molecule has 0 saturated heterocycles. The number of amides is 1. The number of carbonyl (C=O) groups excluding carboxylic acids is 1. The predicted octanol–water partition coefficient (Wildman–Crippen LogP) is 3.74. The molecule has 3 rings (SSSR count). The Labute approximate surface area is 153 Å². The summed E-state index contributed by atoms with van der Waals surface area (Å²) < 4.78 is 39.4. The summed E-state index contributed by atoms with van der Waals surface area (Å²) in [6, 6.07) is 6.09. The lowest BCUT2D eigenvalue weighted by molar-refractivity contribution is -0.137. The van der Waals surface area contributed by atoms with Crippen molar-refractivity contribution in [3.63, 3.8) is 0 Å². The Hall–Kier alpha value is -2.33. The van der Waals surface area contributed by atoms with Crippen LogP contribution in [0.25, 0.3) is 10.2 Å². The van der Waals surface area contributed by atoms with E-state index in [4.69, 9.17) is 0 Å². The molecule has 10 heteroatoms. The second-order valence-electron chi connectivity index (χ2n) is 5.31. The molecule has 0 radical (unpaired) electrons. The van der Waals surface area contributed by atoms with E-state index in [0.29, 0.717) is 15.4 Å². The van der Waals surface area contributed by atoms with E-state index in [9.17, 15) is 22.8 Å². The Morgan fingerprint density at radius 1 is 1.35 bits per heavy atom. The summed E-state index contributed by atoms with van der Waals surface area (Å²) in [4.78, 5) is 29.1. The van der Waals surface area contributed by atoms with E-state index in [0.717, 1.165) is 23.9 Å². The molecule has 0 spiro atoms. The van der Waals surface area contributed by atoms with E-state index in [1.54, 1.807) is 18.5 Å². The number of thioether (sulfide) groups is 1. The Morgan fingerprint density at radius 2 is 2.12 bits per heavy atom. The van der Waals surface area contributed by atoms with Crippen molar-refractivity contribution >= 4 is 44.9 Å². The highest BCUT2D eigenvalue weighted by Gasteiger charge is 2.30. The summed E-state index contributed by atoms with van der Waals surface area (Å²) in [5.74, 6) is -0.581. The summed E-state index contributed by atoms with van der Waals surface area (Å²) in [6.07, 6.45) is -4.48. The number of fused-ring (bicyclic) bond motifs is 1. The number of aromatic nitrogens is 2. The number of alkyl halides is 3. The van der Waals surface area contributed by atoms with Crippen molar-refractivity contribution in [2.75, 3.05) is 11.1 Å². The third kappa shape index (κ3) is 3.91. The highest BCUT2D eigenvalue weighted by Crippen LogP contribution is 2.30. The van der Waals surface area contributed by atoms with Crippen LogP contribution < -0.4 is 10.9 Å². The van der Waals surface area contributed by atoms with Gasteiger partial charge in [-0.2, -0.15) is 13.2 Å². The van der Waals surface area contributed by atoms with E-state index in [1.165, 1.54) is 28.0 Å². The summed E-state index contributed by atoms with van der Waals surface area (Å²) in [6.45, 7) is 0. The van der Waals surface area contributed by atoms with E-state index in [2.05, 4.69) is 10.3 Å². The van der Waals surface area contributed by atoms with Crippen LogP contribution in [-0.2, 0) is 18.0 Å². The molecule has 2 aromatic heterocycles. The van der Waals surface area contributed by atoms with Gasteiger partial charge in [-0.05, 0) is 29.6 Å². The number of nitrogens with zero attached hydrogens (tertiary/aromatic N) is 2. The average Bonchev–Trinajstić information content (AvgIpc) is 3.05. The van der Waals surface area contributed by atoms with Gasteiger partial charge >= 0.3 is 6.18 Å². The molecule has 0 aliphatic heterocycles. The molecule has 1 aromatic carbocycles. The Bertz CT molecular complexity index is 1030. The molecule has 0 aliphatic rings. The van der Waals surface area contributed by atoms with Crippen molar-refractivity contribution in [1.29, 1.82) is 0 Å². The van der Waals surface area contributed by atoms with Crippen LogP contribution in [0.15, 0.2) is 45.7 Å². The van der Waals surface area contributed by atoms with Gasteiger partial charge in [0.25, 0.3) is 5.56 Å². The summed E-state index contributed by atoms with van der Waals surface area (Å²) in [7, 11) is 1.56. The van der Waals surface area contributed by atoms with Gasteiger partial charge in [0, 0.05) is 12.7 Å². The van der Waals surface area contributed by atoms with E-state index in [-0.39, 0.29) is 17.0 Å². The molecule has 5 nitrogen and oxygen atoms in total. The number of anilines is 1. The second-order valence-corrected chi connectivity index (χ2v) is 7.15. The van der Waals surface area contributed by atoms with Gasteiger partial charge in [-0.3, -0.25) is 14.2 Å². The predicted molar refractivity (Wildman–Crippen MR) is 95.7 cm³/mol. The molecule has 1 N–H and O–H groups in total. The maximum Gasteiger partial charge on any atom is 0.416 e. The fraction of sp³-hybridized carbons (Fsp3) is 0.188. The van der Waals surface area contributed by atoms with Gasteiger partial charge in [-0.15, -0.1) is 11.3 Å². The molecule has 3 aromatic rings. The molecular formula is C16H12F3N3O2S2. The first-order valence-electron chi connectivity index (χ1n) is 7.30. The standard InChI is InChI=1S/C16H12F3N3O2S2/c1-22-14(24)11-5-6-25-13(11)21-15(22)26-8-12(23)20-10-4-2-3-9(7-10)16(17,18)19/h2-7H,8H2,1H3,(H,20,23). The van der Waals surface area contributed by atoms with Gasteiger partial charge in [0.2, 0.25) is 5.91 Å². The molecule has 0 fully saturated rings. The van der Waals surface area contributed by atoms with Gasteiger partial charge in [0.1, 0.15) is 4.83 Å². The van der Waals surface area contributed by atoms with Crippen molar-refractivity contribution in [2.24, 2.45) is 7.05 Å². The first-order valence-corrected chi connectivity index (χ1v) is 9.16. The average molecular weight is 399 g/mol. The lowest BCUT2D eigenvalue weighted by Crippen LogP contribution is -2.21. The maximum absolute atomic E-state index is 12.7. The fourth-order valence-electron chi connectivity index (χ4n) is 2.21. The number of halogens is 3. The third-order valence-corrected chi connectivity index (χ3v) is 5.31. The second kappa shape index (κ2) is 7.12. The van der Waals surface area contributed by atoms with Crippen molar-refractivity contribution in [2.45, 2.75) is 11.3 Å². The molecule has 26 heavy (non-hydrogen) atoms. The number of thiophene rings is 1. The van der Waals surface area contributed by atoms with Crippen LogP contribution in [0, 0.1) is 0 Å². The number of benzene rings is 1. The number of carbonyl (C=O) groups is 1. The molecular weight excluding hydrogens is 387 g/mol. The normalized spacial score (nSPS) is 11.7. The van der Waals surface area contributed by atoms with E-state index < -0.39 is 17.6 Å². The fourth-order valence-corrected chi connectivity index (χ4v) is 3.79. The van der Waals surface area contributed by atoms with Gasteiger partial charge < -0.3 is 5.32 Å². The van der Waals surface area contributed by atoms with Crippen LogP contribution in [-0.4, -0.2) is 21.2 Å². The van der Waals surface area contributed by atoms with Crippen LogP contribution in [0.2, 0.25) is 0 Å². The molecule has 0 unspecified atom stereocenters. The van der Waals surface area contributed by atoms with Crippen LogP contribution >= 0.6 is 23.1 Å². The highest BCUT2D eigenvalue weighted by atomic mass is 32.2. The van der Waals surface area contributed by atoms with Gasteiger partial charge in [0.05, 0.1) is 16.7 Å².